The minimum absolute atomic E-state index is 0.0749. The van der Waals surface area contributed by atoms with Crippen molar-refractivity contribution in [1.82, 2.24) is 10.2 Å². The summed E-state index contributed by atoms with van der Waals surface area (Å²) in [7, 11) is 0. The summed E-state index contributed by atoms with van der Waals surface area (Å²) < 4.78 is 39.0. The van der Waals surface area contributed by atoms with E-state index < -0.39 is 11.7 Å². The Morgan fingerprint density at radius 2 is 1.89 bits per heavy atom. The molecule has 0 atom stereocenters. The molecule has 1 heterocycles. The number of fused-ring (bicyclic) bond motifs is 1. The molecule has 1 N–H and O–H groups in total. The van der Waals surface area contributed by atoms with Crippen LogP contribution in [0.5, 0.6) is 0 Å². The Kier molecular flexibility index (Phi) is 3.56. The Balaban J connectivity index is 0.000000637. The van der Waals surface area contributed by atoms with Gasteiger partial charge in [-0.2, -0.15) is 18.3 Å². The van der Waals surface area contributed by atoms with Crippen LogP contribution in [-0.4, -0.2) is 10.2 Å². The number of alkyl halides is 3. The number of hydrogen-bond acceptors (Lipinski definition) is 1. The van der Waals surface area contributed by atoms with E-state index in [-0.39, 0.29) is 5.92 Å². The van der Waals surface area contributed by atoms with Crippen LogP contribution in [0.1, 0.15) is 49.3 Å². The van der Waals surface area contributed by atoms with Gasteiger partial charge in [0.2, 0.25) is 0 Å². The van der Waals surface area contributed by atoms with E-state index in [0.717, 1.165) is 18.2 Å². The van der Waals surface area contributed by atoms with Gasteiger partial charge in [0.1, 0.15) is 0 Å². The molecule has 0 bridgehead atoms. The standard InChI is InChI=1S/C12H11F3N2.C2H6/c1-6-8-5-16-17-10(8)4-9(12(13,14)15)11(6)7-2-3-7;1-2/h4-5,7H,2-3H2,1H3,(H,16,17);1-2H3. The van der Waals surface area contributed by atoms with E-state index in [4.69, 9.17) is 0 Å². The van der Waals surface area contributed by atoms with Crippen molar-refractivity contribution in [3.8, 4) is 0 Å². The van der Waals surface area contributed by atoms with E-state index >= 15 is 0 Å². The second-order valence-electron chi connectivity index (χ2n) is 4.57. The van der Waals surface area contributed by atoms with Gasteiger partial charge in [0.05, 0.1) is 17.3 Å². The lowest BCUT2D eigenvalue weighted by molar-refractivity contribution is -0.138. The first kappa shape index (κ1) is 13.9. The fraction of sp³-hybridized carbons (Fsp3) is 0.500. The Morgan fingerprint density at radius 3 is 2.42 bits per heavy atom. The van der Waals surface area contributed by atoms with E-state index in [1.165, 1.54) is 6.07 Å². The number of aryl methyl sites for hydroxylation is 1. The molecule has 2 nitrogen and oxygen atoms in total. The molecule has 0 aliphatic heterocycles. The first-order chi connectivity index (χ1) is 8.98. The highest BCUT2D eigenvalue weighted by molar-refractivity contribution is 5.84. The van der Waals surface area contributed by atoms with Crippen molar-refractivity contribution in [3.63, 3.8) is 0 Å². The predicted octanol–water partition coefficient (Wildman–Crippen LogP) is 4.79. The molecule has 1 aromatic carbocycles. The molecule has 5 heteroatoms. The first-order valence-corrected chi connectivity index (χ1v) is 6.52. The molecular formula is C14H17F3N2. The van der Waals surface area contributed by atoms with Gasteiger partial charge in [-0.05, 0) is 42.9 Å². The quantitative estimate of drug-likeness (QED) is 0.792. The molecule has 1 aromatic heterocycles. The molecule has 0 amide bonds. The number of aromatic nitrogens is 2. The molecule has 1 aliphatic rings. The minimum Gasteiger partial charge on any atom is -0.278 e. The number of rotatable bonds is 1. The third kappa shape index (κ3) is 2.46. The molecular weight excluding hydrogens is 253 g/mol. The third-order valence-corrected chi connectivity index (χ3v) is 3.35. The third-order valence-electron chi connectivity index (χ3n) is 3.35. The van der Waals surface area contributed by atoms with E-state index in [0.29, 0.717) is 16.6 Å². The van der Waals surface area contributed by atoms with E-state index in [1.807, 2.05) is 13.8 Å². The lowest BCUT2D eigenvalue weighted by Gasteiger charge is -2.15. The summed E-state index contributed by atoms with van der Waals surface area (Å²) in [6.07, 6.45) is -0.987. The van der Waals surface area contributed by atoms with Crippen LogP contribution < -0.4 is 0 Å². The summed E-state index contributed by atoms with van der Waals surface area (Å²) >= 11 is 0. The van der Waals surface area contributed by atoms with E-state index in [9.17, 15) is 13.2 Å². The minimum atomic E-state index is -4.29. The lowest BCUT2D eigenvalue weighted by atomic mass is 9.94. The first-order valence-electron chi connectivity index (χ1n) is 6.52. The summed E-state index contributed by atoms with van der Waals surface area (Å²) in [4.78, 5) is 0. The molecule has 0 radical (unpaired) electrons. The highest BCUT2D eigenvalue weighted by Crippen LogP contribution is 2.48. The maximum atomic E-state index is 13.0. The SMILES string of the molecule is CC.Cc1c(C2CC2)c(C(F)(F)F)cc2[nH]ncc12. The molecule has 0 saturated heterocycles. The van der Waals surface area contributed by atoms with Gasteiger partial charge in [0.15, 0.2) is 0 Å². The van der Waals surface area contributed by atoms with Gasteiger partial charge in [0.25, 0.3) is 0 Å². The van der Waals surface area contributed by atoms with Gasteiger partial charge >= 0.3 is 6.18 Å². The van der Waals surface area contributed by atoms with Crippen molar-refractivity contribution in [2.24, 2.45) is 0 Å². The second-order valence-corrected chi connectivity index (χ2v) is 4.57. The molecule has 104 valence electrons. The number of halogens is 3. The predicted molar refractivity (Wildman–Crippen MR) is 69.2 cm³/mol. The van der Waals surface area contributed by atoms with Gasteiger partial charge in [0, 0.05) is 5.39 Å². The molecule has 1 aliphatic carbocycles. The normalized spacial score (nSPS) is 15.3. The zero-order chi connectivity index (χ0) is 14.2. The average molecular weight is 270 g/mol. The van der Waals surface area contributed by atoms with Crippen molar-refractivity contribution >= 4 is 10.9 Å². The van der Waals surface area contributed by atoms with Crippen molar-refractivity contribution in [3.05, 3.63) is 29.0 Å². The second kappa shape index (κ2) is 4.87. The van der Waals surface area contributed by atoms with Gasteiger partial charge in [-0.1, -0.05) is 13.8 Å². The number of hydrogen-bond donors (Lipinski definition) is 1. The number of nitrogens with zero attached hydrogens (tertiary/aromatic N) is 1. The topological polar surface area (TPSA) is 28.7 Å². The summed E-state index contributed by atoms with van der Waals surface area (Å²) in [5, 5.41) is 7.21. The van der Waals surface area contributed by atoms with Crippen LogP contribution in [0.2, 0.25) is 0 Å². The van der Waals surface area contributed by atoms with E-state index in [2.05, 4.69) is 10.2 Å². The molecule has 1 fully saturated rings. The van der Waals surface area contributed by atoms with Gasteiger partial charge in [-0.3, -0.25) is 5.10 Å². The maximum Gasteiger partial charge on any atom is 0.416 e. The van der Waals surface area contributed by atoms with Crippen molar-refractivity contribution < 1.29 is 13.2 Å². The van der Waals surface area contributed by atoms with Crippen LogP contribution in [-0.2, 0) is 6.18 Å². The Labute approximate surface area is 110 Å². The summed E-state index contributed by atoms with van der Waals surface area (Å²) in [6.45, 7) is 5.75. The molecule has 0 spiro atoms. The van der Waals surface area contributed by atoms with E-state index in [1.54, 1.807) is 13.1 Å². The fourth-order valence-corrected chi connectivity index (χ4v) is 2.41. The highest BCUT2D eigenvalue weighted by Gasteiger charge is 2.39. The highest BCUT2D eigenvalue weighted by atomic mass is 19.4. The maximum absolute atomic E-state index is 13.0. The number of H-pyrrole nitrogens is 1. The summed E-state index contributed by atoms with van der Waals surface area (Å²) in [5.41, 5.74) is 1.13. The smallest absolute Gasteiger partial charge is 0.278 e. The van der Waals surface area contributed by atoms with Crippen molar-refractivity contribution in [1.29, 1.82) is 0 Å². The largest absolute Gasteiger partial charge is 0.416 e. The Hall–Kier alpha value is -1.52. The van der Waals surface area contributed by atoms with Crippen LogP contribution >= 0.6 is 0 Å². The van der Waals surface area contributed by atoms with Crippen LogP contribution in [0.15, 0.2) is 12.3 Å². The van der Waals surface area contributed by atoms with Crippen molar-refractivity contribution in [2.75, 3.05) is 0 Å². The average Bonchev–Trinajstić information content (AvgIpc) is 3.07. The number of nitrogens with one attached hydrogen (secondary N) is 1. The van der Waals surface area contributed by atoms with Crippen LogP contribution in [0.3, 0.4) is 0 Å². The Morgan fingerprint density at radius 1 is 1.26 bits per heavy atom. The fourth-order valence-electron chi connectivity index (χ4n) is 2.41. The molecule has 2 aromatic rings. The van der Waals surface area contributed by atoms with Gasteiger partial charge < -0.3 is 0 Å². The van der Waals surface area contributed by atoms with Crippen molar-refractivity contribution in [2.45, 2.75) is 45.7 Å². The molecule has 1 saturated carbocycles. The zero-order valence-electron chi connectivity index (χ0n) is 11.2. The van der Waals surface area contributed by atoms with Crippen LogP contribution in [0.25, 0.3) is 10.9 Å². The number of benzene rings is 1. The van der Waals surface area contributed by atoms with Gasteiger partial charge in [-0.15, -0.1) is 0 Å². The summed E-state index contributed by atoms with van der Waals surface area (Å²) in [5.74, 6) is 0.0749. The van der Waals surface area contributed by atoms with Crippen LogP contribution in [0.4, 0.5) is 13.2 Å². The zero-order valence-corrected chi connectivity index (χ0v) is 11.2. The lowest BCUT2D eigenvalue weighted by Crippen LogP contribution is -2.10. The molecule has 19 heavy (non-hydrogen) atoms. The monoisotopic (exact) mass is 270 g/mol. The van der Waals surface area contributed by atoms with Gasteiger partial charge in [-0.25, -0.2) is 0 Å². The Bertz CT molecular complexity index is 580. The molecule has 0 unspecified atom stereocenters. The summed E-state index contributed by atoms with van der Waals surface area (Å²) in [6, 6.07) is 1.18. The van der Waals surface area contributed by atoms with Crippen LogP contribution in [0, 0.1) is 6.92 Å². The molecule has 3 rings (SSSR count). The number of aromatic amines is 1.